The van der Waals surface area contributed by atoms with Crippen LogP contribution in [0.25, 0.3) is 0 Å². The standard InChI is InChI=1S/C18H26N2O7/c1-20(2)16(22)10-19-15(21)11-27-17(23)7-6-12-8-13(24-3)18(26-5)14(9-12)25-4/h8-9H,6-7,10-11H2,1-5H3,(H,19,21). The fourth-order valence-corrected chi connectivity index (χ4v) is 2.13. The van der Waals surface area contributed by atoms with Crippen molar-refractivity contribution in [3.05, 3.63) is 17.7 Å². The Labute approximate surface area is 158 Å². The number of hydrogen-bond acceptors (Lipinski definition) is 7. The number of hydrogen-bond donors (Lipinski definition) is 1. The number of methoxy groups -OCH3 is 3. The average molecular weight is 382 g/mol. The molecule has 0 radical (unpaired) electrons. The second-order valence-electron chi connectivity index (χ2n) is 5.76. The summed E-state index contributed by atoms with van der Waals surface area (Å²) in [6.07, 6.45) is 0.443. The number of nitrogens with zero attached hydrogens (tertiary/aromatic N) is 1. The predicted molar refractivity (Wildman–Crippen MR) is 97.1 cm³/mol. The van der Waals surface area contributed by atoms with Crippen molar-refractivity contribution < 1.29 is 33.3 Å². The van der Waals surface area contributed by atoms with E-state index in [0.717, 1.165) is 5.56 Å². The molecule has 150 valence electrons. The summed E-state index contributed by atoms with van der Waals surface area (Å²) in [4.78, 5) is 36.1. The van der Waals surface area contributed by atoms with E-state index in [1.807, 2.05) is 0 Å². The molecule has 0 aromatic heterocycles. The van der Waals surface area contributed by atoms with Crippen LogP contribution in [0.15, 0.2) is 12.1 Å². The van der Waals surface area contributed by atoms with Gasteiger partial charge in [0.15, 0.2) is 18.1 Å². The summed E-state index contributed by atoms with van der Waals surface area (Å²) in [6.45, 7) is -0.580. The van der Waals surface area contributed by atoms with Crippen LogP contribution in [0.5, 0.6) is 17.2 Å². The lowest BCUT2D eigenvalue weighted by Crippen LogP contribution is -2.38. The van der Waals surface area contributed by atoms with Crippen molar-refractivity contribution in [3.8, 4) is 17.2 Å². The molecule has 9 nitrogen and oxygen atoms in total. The predicted octanol–water partition coefficient (Wildman–Crippen LogP) is 0.393. The van der Waals surface area contributed by atoms with Gasteiger partial charge in [-0.25, -0.2) is 0 Å². The van der Waals surface area contributed by atoms with Crippen LogP contribution >= 0.6 is 0 Å². The normalized spacial score (nSPS) is 9.96. The van der Waals surface area contributed by atoms with Crippen molar-refractivity contribution in [2.75, 3.05) is 48.6 Å². The molecule has 1 N–H and O–H groups in total. The number of ether oxygens (including phenoxy) is 4. The molecule has 0 aliphatic carbocycles. The Hall–Kier alpha value is -2.97. The zero-order valence-corrected chi connectivity index (χ0v) is 16.3. The number of likely N-dealkylation sites (N-methyl/N-ethyl adjacent to an activating group) is 1. The summed E-state index contributed by atoms with van der Waals surface area (Å²) in [7, 11) is 7.69. The summed E-state index contributed by atoms with van der Waals surface area (Å²) < 4.78 is 20.7. The first-order chi connectivity index (χ1) is 12.8. The first-order valence-corrected chi connectivity index (χ1v) is 8.23. The second-order valence-corrected chi connectivity index (χ2v) is 5.76. The summed E-state index contributed by atoms with van der Waals surface area (Å²) >= 11 is 0. The Morgan fingerprint density at radius 1 is 1.00 bits per heavy atom. The summed E-state index contributed by atoms with van der Waals surface area (Å²) in [5.41, 5.74) is 0.794. The van der Waals surface area contributed by atoms with Gasteiger partial charge in [0.25, 0.3) is 5.91 Å². The Kier molecular flexibility index (Phi) is 8.91. The minimum Gasteiger partial charge on any atom is -0.493 e. The van der Waals surface area contributed by atoms with Crippen LogP contribution in [0.1, 0.15) is 12.0 Å². The Balaban J connectivity index is 2.50. The van der Waals surface area contributed by atoms with Crippen LogP contribution in [-0.2, 0) is 25.5 Å². The van der Waals surface area contributed by atoms with E-state index in [0.29, 0.717) is 23.7 Å². The average Bonchev–Trinajstić information content (AvgIpc) is 2.67. The van der Waals surface area contributed by atoms with Gasteiger partial charge in [0, 0.05) is 20.5 Å². The number of carbonyl (C=O) groups is 3. The van der Waals surface area contributed by atoms with Crippen molar-refractivity contribution in [2.24, 2.45) is 0 Å². The van der Waals surface area contributed by atoms with Crippen molar-refractivity contribution in [1.82, 2.24) is 10.2 Å². The lowest BCUT2D eigenvalue weighted by molar-refractivity contribution is -0.148. The number of amides is 2. The largest absolute Gasteiger partial charge is 0.493 e. The van der Waals surface area contributed by atoms with Gasteiger partial charge in [-0.3, -0.25) is 14.4 Å². The molecule has 0 spiro atoms. The fraction of sp³-hybridized carbons (Fsp3) is 0.500. The van der Waals surface area contributed by atoms with Crippen molar-refractivity contribution >= 4 is 17.8 Å². The van der Waals surface area contributed by atoms with Gasteiger partial charge < -0.3 is 29.2 Å². The maximum Gasteiger partial charge on any atom is 0.306 e. The maximum absolute atomic E-state index is 11.8. The molecule has 2 amide bonds. The van der Waals surface area contributed by atoms with Gasteiger partial charge >= 0.3 is 5.97 Å². The van der Waals surface area contributed by atoms with Gasteiger partial charge in [0.2, 0.25) is 11.7 Å². The van der Waals surface area contributed by atoms with Gasteiger partial charge in [0.1, 0.15) is 0 Å². The lowest BCUT2D eigenvalue weighted by Gasteiger charge is -2.14. The molecule has 1 rings (SSSR count). The fourth-order valence-electron chi connectivity index (χ4n) is 2.13. The highest BCUT2D eigenvalue weighted by Gasteiger charge is 2.15. The van der Waals surface area contributed by atoms with Gasteiger partial charge in [-0.1, -0.05) is 0 Å². The zero-order chi connectivity index (χ0) is 20.4. The molecule has 1 aromatic carbocycles. The molecule has 0 bridgehead atoms. The molecule has 0 aliphatic rings. The smallest absolute Gasteiger partial charge is 0.306 e. The molecule has 0 aliphatic heterocycles. The number of nitrogens with one attached hydrogen (secondary N) is 1. The first kappa shape index (κ1) is 22.1. The van der Waals surface area contributed by atoms with E-state index in [9.17, 15) is 14.4 Å². The van der Waals surface area contributed by atoms with Crippen LogP contribution in [0.4, 0.5) is 0 Å². The molecule has 0 heterocycles. The number of esters is 1. The summed E-state index contributed by atoms with van der Waals surface area (Å²) in [5.74, 6) is 0.131. The number of aryl methyl sites for hydroxylation is 1. The van der Waals surface area contributed by atoms with Crippen LogP contribution in [0, 0.1) is 0 Å². The third-order valence-electron chi connectivity index (χ3n) is 3.64. The number of benzene rings is 1. The van der Waals surface area contributed by atoms with Crippen LogP contribution < -0.4 is 19.5 Å². The van der Waals surface area contributed by atoms with Gasteiger partial charge in [0.05, 0.1) is 27.9 Å². The van der Waals surface area contributed by atoms with Crippen LogP contribution in [0.2, 0.25) is 0 Å². The van der Waals surface area contributed by atoms with E-state index in [-0.39, 0.29) is 18.9 Å². The summed E-state index contributed by atoms with van der Waals surface area (Å²) in [5, 5.41) is 2.38. The molecule has 0 atom stereocenters. The van der Waals surface area contributed by atoms with Crippen molar-refractivity contribution in [1.29, 1.82) is 0 Å². The molecule has 1 aromatic rings. The maximum atomic E-state index is 11.8. The van der Waals surface area contributed by atoms with Gasteiger partial charge in [-0.2, -0.15) is 0 Å². The third-order valence-corrected chi connectivity index (χ3v) is 3.64. The highest BCUT2D eigenvalue weighted by Crippen LogP contribution is 2.38. The van der Waals surface area contributed by atoms with Crippen molar-refractivity contribution in [2.45, 2.75) is 12.8 Å². The number of carbonyl (C=O) groups excluding carboxylic acids is 3. The van der Waals surface area contributed by atoms with Gasteiger partial charge in [-0.05, 0) is 24.1 Å². The van der Waals surface area contributed by atoms with Crippen LogP contribution in [-0.4, -0.2) is 71.3 Å². The molecule has 0 saturated carbocycles. The SMILES string of the molecule is COc1cc(CCC(=O)OCC(=O)NCC(=O)N(C)C)cc(OC)c1OC. The monoisotopic (exact) mass is 382 g/mol. The Bertz CT molecular complexity index is 649. The third kappa shape index (κ3) is 7.04. The van der Waals surface area contributed by atoms with E-state index in [2.05, 4.69) is 5.32 Å². The van der Waals surface area contributed by atoms with Crippen molar-refractivity contribution in [3.63, 3.8) is 0 Å². The highest BCUT2D eigenvalue weighted by molar-refractivity contribution is 5.86. The van der Waals surface area contributed by atoms with Gasteiger partial charge in [-0.15, -0.1) is 0 Å². The van der Waals surface area contributed by atoms with E-state index in [1.165, 1.54) is 26.2 Å². The Morgan fingerprint density at radius 3 is 2.07 bits per heavy atom. The molecule has 0 saturated heterocycles. The highest BCUT2D eigenvalue weighted by atomic mass is 16.5. The minimum atomic E-state index is -0.536. The summed E-state index contributed by atoms with van der Waals surface area (Å²) in [6, 6.07) is 3.49. The second kappa shape index (κ2) is 10.9. The topological polar surface area (TPSA) is 103 Å². The number of rotatable bonds is 10. The molecule has 27 heavy (non-hydrogen) atoms. The zero-order valence-electron chi connectivity index (χ0n) is 16.3. The van der Waals surface area contributed by atoms with E-state index in [1.54, 1.807) is 26.2 Å². The molecule has 0 fully saturated rings. The molecule has 0 unspecified atom stereocenters. The first-order valence-electron chi connectivity index (χ1n) is 8.23. The Morgan fingerprint density at radius 2 is 1.59 bits per heavy atom. The molecular weight excluding hydrogens is 356 g/mol. The molecular formula is C18H26N2O7. The van der Waals surface area contributed by atoms with E-state index >= 15 is 0 Å². The van der Waals surface area contributed by atoms with E-state index < -0.39 is 18.5 Å². The van der Waals surface area contributed by atoms with E-state index in [4.69, 9.17) is 18.9 Å². The minimum absolute atomic E-state index is 0.0720. The lowest BCUT2D eigenvalue weighted by atomic mass is 10.1. The molecule has 9 heteroatoms. The quantitative estimate of drug-likeness (QED) is 0.584. The van der Waals surface area contributed by atoms with Crippen LogP contribution in [0.3, 0.4) is 0 Å².